The van der Waals surface area contributed by atoms with E-state index in [9.17, 15) is 0 Å². The van der Waals surface area contributed by atoms with Gasteiger partial charge in [0, 0.05) is 12.6 Å². The highest BCUT2D eigenvalue weighted by Crippen LogP contribution is 2.61. The van der Waals surface area contributed by atoms with Gasteiger partial charge in [-0.15, -0.1) is 0 Å². The maximum absolute atomic E-state index is 3.67. The van der Waals surface area contributed by atoms with Crippen molar-refractivity contribution in [3.8, 4) is 0 Å². The van der Waals surface area contributed by atoms with Gasteiger partial charge in [0.1, 0.15) is 0 Å². The number of nitrogens with one attached hydrogen (secondary N) is 1. The smallest absolute Gasteiger partial charge is 0.00106 e. The van der Waals surface area contributed by atoms with E-state index in [1.165, 1.54) is 25.8 Å². The maximum atomic E-state index is 3.67. The highest BCUT2D eigenvalue weighted by molar-refractivity contribution is 5.04. The van der Waals surface area contributed by atoms with E-state index in [0.29, 0.717) is 11.5 Å². The molecule has 1 N–H and O–H groups in total. The predicted molar refractivity (Wildman–Crippen MR) is 65.9 cm³/mol. The van der Waals surface area contributed by atoms with Crippen molar-refractivity contribution in [1.29, 1.82) is 0 Å². The topological polar surface area (TPSA) is 12.0 Å². The molecule has 0 aromatic carbocycles. The zero-order valence-electron chi connectivity index (χ0n) is 10.8. The molecule has 0 heterocycles. The molecule has 0 aromatic rings. The first-order chi connectivity index (χ1) is 7.01. The standard InChI is InChI=1S/C14H27N/c1-10(2)6-14(9-15-11(3)4)7-12-5-13(12)8-14/h10-13,15H,5-9H2,1-4H3. The first-order valence-corrected chi connectivity index (χ1v) is 6.74. The summed E-state index contributed by atoms with van der Waals surface area (Å²) in [7, 11) is 0. The minimum absolute atomic E-state index is 0.644. The quantitative estimate of drug-likeness (QED) is 0.731. The van der Waals surface area contributed by atoms with Crippen LogP contribution < -0.4 is 5.32 Å². The molecule has 2 rings (SSSR count). The van der Waals surface area contributed by atoms with Crippen LogP contribution in [0.1, 0.15) is 53.4 Å². The van der Waals surface area contributed by atoms with Gasteiger partial charge in [0.05, 0.1) is 0 Å². The van der Waals surface area contributed by atoms with Crippen LogP contribution in [0.3, 0.4) is 0 Å². The van der Waals surface area contributed by atoms with Crippen molar-refractivity contribution in [2.75, 3.05) is 6.54 Å². The molecule has 0 radical (unpaired) electrons. The van der Waals surface area contributed by atoms with Crippen LogP contribution in [0.4, 0.5) is 0 Å². The summed E-state index contributed by atoms with van der Waals surface area (Å²) >= 11 is 0. The summed E-state index contributed by atoms with van der Waals surface area (Å²) in [5.41, 5.74) is 0.659. The molecule has 0 amide bonds. The van der Waals surface area contributed by atoms with E-state index in [2.05, 4.69) is 33.0 Å². The molecule has 1 heteroatoms. The Morgan fingerprint density at radius 3 is 2.20 bits per heavy atom. The Bertz CT molecular complexity index is 209. The molecule has 2 saturated carbocycles. The number of hydrogen-bond acceptors (Lipinski definition) is 1. The largest absolute Gasteiger partial charge is 0.314 e. The highest BCUT2D eigenvalue weighted by atomic mass is 14.9. The van der Waals surface area contributed by atoms with Gasteiger partial charge >= 0.3 is 0 Å². The molecule has 88 valence electrons. The van der Waals surface area contributed by atoms with Gasteiger partial charge in [-0.3, -0.25) is 0 Å². The molecule has 0 aromatic heterocycles. The molecule has 0 spiro atoms. The fourth-order valence-corrected chi connectivity index (χ4v) is 3.68. The van der Waals surface area contributed by atoms with E-state index in [4.69, 9.17) is 0 Å². The summed E-state index contributed by atoms with van der Waals surface area (Å²) in [6.45, 7) is 10.5. The van der Waals surface area contributed by atoms with Gasteiger partial charge in [0.2, 0.25) is 0 Å². The van der Waals surface area contributed by atoms with E-state index in [1.807, 2.05) is 0 Å². The van der Waals surface area contributed by atoms with E-state index in [1.54, 1.807) is 6.42 Å². The Balaban J connectivity index is 1.90. The highest BCUT2D eigenvalue weighted by Gasteiger charge is 2.53. The van der Waals surface area contributed by atoms with Crippen LogP contribution in [-0.4, -0.2) is 12.6 Å². The van der Waals surface area contributed by atoms with Crippen molar-refractivity contribution in [2.24, 2.45) is 23.2 Å². The molecule has 0 aliphatic heterocycles. The summed E-state index contributed by atoms with van der Waals surface area (Å²) < 4.78 is 0. The van der Waals surface area contributed by atoms with Crippen LogP contribution in [0.5, 0.6) is 0 Å². The molecule has 1 nitrogen and oxygen atoms in total. The Morgan fingerprint density at radius 2 is 1.73 bits per heavy atom. The summed E-state index contributed by atoms with van der Waals surface area (Å²) in [6, 6.07) is 0.644. The summed E-state index contributed by atoms with van der Waals surface area (Å²) in [5.74, 6) is 3.08. The molecule has 2 atom stereocenters. The van der Waals surface area contributed by atoms with E-state index >= 15 is 0 Å². The Labute approximate surface area is 95.0 Å². The normalized spacial score (nSPS) is 38.8. The van der Waals surface area contributed by atoms with Crippen molar-refractivity contribution >= 4 is 0 Å². The zero-order chi connectivity index (χ0) is 11.1. The van der Waals surface area contributed by atoms with Gasteiger partial charge < -0.3 is 5.32 Å². The van der Waals surface area contributed by atoms with Crippen molar-refractivity contribution in [2.45, 2.75) is 59.4 Å². The third-order valence-electron chi connectivity index (χ3n) is 4.19. The minimum atomic E-state index is 0.644. The lowest BCUT2D eigenvalue weighted by molar-refractivity contribution is 0.196. The molecule has 2 fully saturated rings. The summed E-state index contributed by atoms with van der Waals surface area (Å²) in [4.78, 5) is 0. The maximum Gasteiger partial charge on any atom is 0.00106 e. The van der Waals surface area contributed by atoms with E-state index < -0.39 is 0 Å². The van der Waals surface area contributed by atoms with Crippen LogP contribution >= 0.6 is 0 Å². The number of fused-ring (bicyclic) bond motifs is 1. The molecular weight excluding hydrogens is 182 g/mol. The Hall–Kier alpha value is -0.0400. The molecule has 2 unspecified atom stereocenters. The first kappa shape index (κ1) is 11.4. The third kappa shape index (κ3) is 2.75. The van der Waals surface area contributed by atoms with E-state index in [-0.39, 0.29) is 0 Å². The zero-order valence-corrected chi connectivity index (χ0v) is 10.8. The molecular formula is C14H27N. The average Bonchev–Trinajstić information content (AvgIpc) is 2.71. The van der Waals surface area contributed by atoms with Crippen molar-refractivity contribution < 1.29 is 0 Å². The average molecular weight is 209 g/mol. The molecule has 2 aliphatic carbocycles. The number of rotatable bonds is 5. The Kier molecular flexibility index (Phi) is 3.12. The van der Waals surface area contributed by atoms with Gasteiger partial charge in [-0.1, -0.05) is 27.7 Å². The molecule has 2 aliphatic rings. The SMILES string of the molecule is CC(C)CC1(CNC(C)C)CC2CC2C1. The molecule has 15 heavy (non-hydrogen) atoms. The van der Waals surface area contributed by atoms with Crippen LogP contribution in [0, 0.1) is 23.2 Å². The van der Waals surface area contributed by atoms with Crippen molar-refractivity contribution in [1.82, 2.24) is 5.32 Å². The van der Waals surface area contributed by atoms with E-state index in [0.717, 1.165) is 17.8 Å². The van der Waals surface area contributed by atoms with Crippen LogP contribution in [0.15, 0.2) is 0 Å². The van der Waals surface area contributed by atoms with Gasteiger partial charge in [-0.2, -0.15) is 0 Å². The third-order valence-corrected chi connectivity index (χ3v) is 4.19. The second-order valence-electron chi connectivity index (χ2n) is 6.80. The van der Waals surface area contributed by atoms with Crippen molar-refractivity contribution in [3.05, 3.63) is 0 Å². The van der Waals surface area contributed by atoms with Crippen LogP contribution in [0.2, 0.25) is 0 Å². The fraction of sp³-hybridized carbons (Fsp3) is 1.00. The Morgan fingerprint density at radius 1 is 1.13 bits per heavy atom. The van der Waals surface area contributed by atoms with Crippen molar-refractivity contribution in [3.63, 3.8) is 0 Å². The first-order valence-electron chi connectivity index (χ1n) is 6.74. The summed E-state index contributed by atoms with van der Waals surface area (Å²) in [5, 5.41) is 3.67. The number of hydrogen-bond donors (Lipinski definition) is 1. The fourth-order valence-electron chi connectivity index (χ4n) is 3.68. The monoisotopic (exact) mass is 209 g/mol. The molecule has 0 saturated heterocycles. The van der Waals surface area contributed by atoms with Gasteiger partial charge in [0.15, 0.2) is 0 Å². The second-order valence-corrected chi connectivity index (χ2v) is 6.80. The van der Waals surface area contributed by atoms with Gasteiger partial charge in [0.25, 0.3) is 0 Å². The van der Waals surface area contributed by atoms with Gasteiger partial charge in [-0.05, 0) is 48.9 Å². The lowest BCUT2D eigenvalue weighted by Crippen LogP contribution is -2.37. The minimum Gasteiger partial charge on any atom is -0.314 e. The lowest BCUT2D eigenvalue weighted by Gasteiger charge is -2.34. The molecule has 0 bridgehead atoms. The second kappa shape index (κ2) is 4.08. The lowest BCUT2D eigenvalue weighted by atomic mass is 9.76. The van der Waals surface area contributed by atoms with Crippen LogP contribution in [0.25, 0.3) is 0 Å². The summed E-state index contributed by atoms with van der Waals surface area (Å²) in [6.07, 6.45) is 5.99. The van der Waals surface area contributed by atoms with Gasteiger partial charge in [-0.25, -0.2) is 0 Å². The van der Waals surface area contributed by atoms with Crippen LogP contribution in [-0.2, 0) is 0 Å². The predicted octanol–water partition coefficient (Wildman–Crippen LogP) is 3.45.